The lowest BCUT2D eigenvalue weighted by Gasteiger charge is -2.31. The van der Waals surface area contributed by atoms with Gasteiger partial charge in [-0.2, -0.15) is 0 Å². The molecule has 1 heterocycles. The molecule has 31 heavy (non-hydrogen) atoms. The smallest absolute Gasteiger partial charge is 0.126 e. The van der Waals surface area contributed by atoms with E-state index in [1.54, 1.807) is 6.33 Å². The first-order chi connectivity index (χ1) is 14.7. The first kappa shape index (κ1) is 22.9. The summed E-state index contributed by atoms with van der Waals surface area (Å²) in [5.74, 6) is -1.19. The molecule has 1 N–H and O–H groups in total. The van der Waals surface area contributed by atoms with Gasteiger partial charge in [-0.15, -0.1) is 0 Å². The molecule has 2 aromatic carbocycles. The Balaban J connectivity index is 1.74. The van der Waals surface area contributed by atoms with Crippen LogP contribution in [0.15, 0.2) is 61.1 Å². The summed E-state index contributed by atoms with van der Waals surface area (Å²) in [7, 11) is 0. The van der Waals surface area contributed by atoms with Gasteiger partial charge in [0.25, 0.3) is 0 Å². The van der Waals surface area contributed by atoms with Gasteiger partial charge in [-0.1, -0.05) is 51.1 Å². The highest BCUT2D eigenvalue weighted by atomic mass is 19.1. The van der Waals surface area contributed by atoms with Crippen LogP contribution in [0.4, 0.5) is 8.78 Å². The molecule has 0 radical (unpaired) electrons. The molecule has 0 saturated carbocycles. The molecule has 6 heteroatoms. The largest absolute Gasteiger partial charge is 0.391 e. The number of aliphatic hydroxyl groups is 1. The summed E-state index contributed by atoms with van der Waals surface area (Å²) in [5, 5.41) is 12.8. The van der Waals surface area contributed by atoms with Crippen LogP contribution < -0.4 is 5.01 Å². The van der Waals surface area contributed by atoms with Crippen LogP contribution >= 0.6 is 0 Å². The number of hydrogen-bond donors (Lipinski definition) is 1. The highest BCUT2D eigenvalue weighted by Gasteiger charge is 2.20. The lowest BCUT2D eigenvalue weighted by molar-refractivity contribution is 0.161. The minimum atomic E-state index is -0.667. The number of aliphatic hydroxyl groups excluding tert-OH is 1. The molecule has 0 aliphatic carbocycles. The van der Waals surface area contributed by atoms with Crippen molar-refractivity contribution in [3.05, 3.63) is 89.5 Å². The zero-order chi connectivity index (χ0) is 22.4. The lowest BCUT2D eigenvalue weighted by atomic mass is 9.91. The third kappa shape index (κ3) is 7.17. The minimum absolute atomic E-state index is 0.0935. The quantitative estimate of drug-likeness (QED) is 0.529. The third-order valence-electron chi connectivity index (χ3n) is 5.03. The molecule has 0 amide bonds. The number of aromatic nitrogens is 2. The molecule has 166 valence electrons. The fourth-order valence-electron chi connectivity index (χ4n) is 3.69. The van der Waals surface area contributed by atoms with Crippen molar-refractivity contribution in [2.24, 2.45) is 5.41 Å². The fourth-order valence-corrected chi connectivity index (χ4v) is 3.69. The van der Waals surface area contributed by atoms with Gasteiger partial charge in [0.05, 0.1) is 31.1 Å². The maximum Gasteiger partial charge on any atom is 0.126 e. The van der Waals surface area contributed by atoms with Gasteiger partial charge in [0.1, 0.15) is 18.0 Å². The third-order valence-corrected chi connectivity index (χ3v) is 5.03. The molecule has 4 nitrogen and oxygen atoms in total. The van der Waals surface area contributed by atoms with Crippen LogP contribution in [0.2, 0.25) is 0 Å². The van der Waals surface area contributed by atoms with Gasteiger partial charge < -0.3 is 10.1 Å². The molecule has 1 aromatic heterocycles. The Hall–Kier alpha value is -2.73. The lowest BCUT2D eigenvalue weighted by Crippen LogP contribution is -2.41. The maximum absolute atomic E-state index is 13.4. The van der Waals surface area contributed by atoms with E-state index in [2.05, 4.69) is 42.9 Å². The van der Waals surface area contributed by atoms with Crippen LogP contribution in [0.5, 0.6) is 0 Å². The Morgan fingerprint density at radius 2 is 1.71 bits per heavy atom. The van der Waals surface area contributed by atoms with Crippen molar-refractivity contribution < 1.29 is 13.9 Å². The molecule has 3 aromatic rings. The summed E-state index contributed by atoms with van der Waals surface area (Å²) in [6, 6.07) is 13.5. The Morgan fingerprint density at radius 3 is 2.35 bits per heavy atom. The highest BCUT2D eigenvalue weighted by Crippen LogP contribution is 2.21. The second-order valence-corrected chi connectivity index (χ2v) is 9.27. The van der Waals surface area contributed by atoms with Crippen molar-refractivity contribution in [2.45, 2.75) is 52.7 Å². The number of imidazole rings is 1. The zero-order valence-electron chi connectivity index (χ0n) is 18.4. The SMILES string of the molecule is CC(C)(C)Cc1cncn1N(Cc1ccccc1)CC(O)CCc1cc(F)cc(F)c1. The van der Waals surface area contributed by atoms with E-state index in [9.17, 15) is 13.9 Å². The number of aryl methyl sites for hydroxylation is 1. The molecular formula is C25H31F2N3O. The number of hydrogen-bond acceptors (Lipinski definition) is 3. The molecular weight excluding hydrogens is 396 g/mol. The maximum atomic E-state index is 13.4. The normalized spacial score (nSPS) is 12.7. The van der Waals surface area contributed by atoms with Crippen LogP contribution in [-0.2, 0) is 19.4 Å². The van der Waals surface area contributed by atoms with E-state index in [1.165, 1.54) is 12.1 Å². The van der Waals surface area contributed by atoms with Gasteiger partial charge in [0.2, 0.25) is 0 Å². The van der Waals surface area contributed by atoms with Crippen LogP contribution in [0.25, 0.3) is 0 Å². The van der Waals surface area contributed by atoms with Crippen LogP contribution in [0, 0.1) is 17.0 Å². The molecule has 0 saturated heterocycles. The fraction of sp³-hybridized carbons (Fsp3) is 0.400. The molecule has 0 fully saturated rings. The first-order valence-corrected chi connectivity index (χ1v) is 10.6. The van der Waals surface area contributed by atoms with Crippen molar-refractivity contribution in [1.82, 2.24) is 9.66 Å². The van der Waals surface area contributed by atoms with E-state index < -0.39 is 17.7 Å². The van der Waals surface area contributed by atoms with Gasteiger partial charge in [-0.3, -0.25) is 0 Å². The second-order valence-electron chi connectivity index (χ2n) is 9.27. The van der Waals surface area contributed by atoms with Crippen LogP contribution in [-0.4, -0.2) is 27.4 Å². The summed E-state index contributed by atoms with van der Waals surface area (Å²) < 4.78 is 28.9. The summed E-state index contributed by atoms with van der Waals surface area (Å²) in [6.07, 6.45) is 4.62. The summed E-state index contributed by atoms with van der Waals surface area (Å²) in [5.41, 5.74) is 2.83. The van der Waals surface area contributed by atoms with E-state index in [0.717, 1.165) is 23.7 Å². The van der Waals surface area contributed by atoms with Crippen molar-refractivity contribution in [1.29, 1.82) is 0 Å². The first-order valence-electron chi connectivity index (χ1n) is 10.6. The predicted octanol–water partition coefficient (Wildman–Crippen LogP) is 4.88. The van der Waals surface area contributed by atoms with Crippen molar-refractivity contribution in [3.8, 4) is 0 Å². The number of nitrogens with zero attached hydrogens (tertiary/aromatic N) is 3. The second kappa shape index (κ2) is 10.1. The Bertz CT molecular complexity index is 946. The topological polar surface area (TPSA) is 41.3 Å². The van der Waals surface area contributed by atoms with E-state index in [1.807, 2.05) is 29.1 Å². The van der Waals surface area contributed by atoms with E-state index in [4.69, 9.17) is 0 Å². The molecule has 0 bridgehead atoms. The molecule has 1 atom stereocenters. The number of halogens is 2. The molecule has 0 aliphatic heterocycles. The van der Waals surface area contributed by atoms with Crippen molar-refractivity contribution in [2.75, 3.05) is 11.6 Å². The standard InChI is InChI=1S/C25H31F2N3O/c1-25(2,3)14-23-15-28-18-30(23)29(16-19-7-5-4-6-8-19)17-24(31)10-9-20-11-21(26)13-22(27)12-20/h4-8,11-13,15,18,24,31H,9-10,14,16-17H2,1-3H3. The Morgan fingerprint density at radius 1 is 1.03 bits per heavy atom. The van der Waals surface area contributed by atoms with Crippen LogP contribution in [0.1, 0.15) is 44.0 Å². The van der Waals surface area contributed by atoms with Crippen molar-refractivity contribution >= 4 is 0 Å². The molecule has 3 rings (SSSR count). The highest BCUT2D eigenvalue weighted by molar-refractivity contribution is 5.19. The number of benzene rings is 2. The summed E-state index contributed by atoms with van der Waals surface area (Å²) in [4.78, 5) is 4.35. The van der Waals surface area contributed by atoms with E-state index in [0.29, 0.717) is 31.5 Å². The number of rotatable bonds is 9. The Labute approximate surface area is 183 Å². The Kier molecular flexibility index (Phi) is 7.44. The van der Waals surface area contributed by atoms with Crippen LogP contribution in [0.3, 0.4) is 0 Å². The average Bonchev–Trinajstić information content (AvgIpc) is 3.12. The van der Waals surface area contributed by atoms with Gasteiger partial charge in [0.15, 0.2) is 0 Å². The van der Waals surface area contributed by atoms with E-state index in [-0.39, 0.29) is 5.41 Å². The van der Waals surface area contributed by atoms with E-state index >= 15 is 0 Å². The molecule has 1 unspecified atom stereocenters. The van der Waals surface area contributed by atoms with Gasteiger partial charge in [0, 0.05) is 6.07 Å². The monoisotopic (exact) mass is 427 g/mol. The average molecular weight is 428 g/mol. The van der Waals surface area contributed by atoms with Gasteiger partial charge >= 0.3 is 0 Å². The predicted molar refractivity (Wildman–Crippen MR) is 119 cm³/mol. The van der Waals surface area contributed by atoms with Gasteiger partial charge in [-0.05, 0) is 47.9 Å². The van der Waals surface area contributed by atoms with Gasteiger partial charge in [-0.25, -0.2) is 18.4 Å². The summed E-state index contributed by atoms with van der Waals surface area (Å²) in [6.45, 7) is 7.52. The molecule has 0 spiro atoms. The zero-order valence-corrected chi connectivity index (χ0v) is 18.4. The minimum Gasteiger partial charge on any atom is -0.391 e. The molecule has 0 aliphatic rings. The summed E-state index contributed by atoms with van der Waals surface area (Å²) >= 11 is 0. The van der Waals surface area contributed by atoms with Crippen molar-refractivity contribution in [3.63, 3.8) is 0 Å².